The Balaban J connectivity index is 2.10. The van der Waals surface area contributed by atoms with Gasteiger partial charge in [-0.1, -0.05) is 20.8 Å². The fourth-order valence-electron chi connectivity index (χ4n) is 2.24. The largest absolute Gasteiger partial charge is 0.309 e. The number of nitrogens with one attached hydrogen (secondary N) is 1. The first-order valence-corrected chi connectivity index (χ1v) is 9.49. The number of thioether (sulfide) groups is 2. The zero-order valence-electron chi connectivity index (χ0n) is 11.6. The molecule has 0 saturated carbocycles. The van der Waals surface area contributed by atoms with Gasteiger partial charge in [0.15, 0.2) is 0 Å². The highest BCUT2D eigenvalue weighted by atomic mass is 32.2. The molecule has 4 unspecified atom stereocenters. The van der Waals surface area contributed by atoms with Crippen molar-refractivity contribution in [1.82, 2.24) is 5.32 Å². The Morgan fingerprint density at radius 3 is 2.67 bits per heavy atom. The van der Waals surface area contributed by atoms with Gasteiger partial charge in [-0.15, -0.1) is 11.3 Å². The molecule has 0 amide bonds. The van der Waals surface area contributed by atoms with Gasteiger partial charge in [0.2, 0.25) is 0 Å². The third-order valence-electron chi connectivity index (χ3n) is 3.44. The summed E-state index contributed by atoms with van der Waals surface area (Å²) >= 11 is 6.25. The summed E-state index contributed by atoms with van der Waals surface area (Å²) in [4.78, 5) is 2.93. The van der Waals surface area contributed by atoms with Crippen molar-refractivity contribution in [3.05, 3.63) is 21.9 Å². The molecule has 1 fully saturated rings. The summed E-state index contributed by atoms with van der Waals surface area (Å²) in [6, 6.07) is 5.08. The number of hydrogen-bond acceptors (Lipinski definition) is 4. The van der Waals surface area contributed by atoms with Crippen LogP contribution in [0.4, 0.5) is 0 Å². The van der Waals surface area contributed by atoms with Crippen molar-refractivity contribution < 1.29 is 0 Å². The standard InChI is InChI=1S/C14H23NS3/c1-5-15-14(12-7-6-9(2)17-12)13-8-16-10(3)11(4)18-13/h6-7,10-11,13-15H,5,8H2,1-4H3. The van der Waals surface area contributed by atoms with Crippen molar-refractivity contribution in [3.63, 3.8) is 0 Å². The summed E-state index contributed by atoms with van der Waals surface area (Å²) in [5, 5.41) is 5.95. The van der Waals surface area contributed by atoms with E-state index in [1.165, 1.54) is 15.5 Å². The number of rotatable bonds is 4. The second-order valence-electron chi connectivity index (χ2n) is 4.90. The molecule has 1 N–H and O–H groups in total. The lowest BCUT2D eigenvalue weighted by atomic mass is 10.2. The maximum Gasteiger partial charge on any atom is 0.0543 e. The van der Waals surface area contributed by atoms with Crippen LogP contribution in [0.2, 0.25) is 0 Å². The minimum Gasteiger partial charge on any atom is -0.309 e. The van der Waals surface area contributed by atoms with Crippen LogP contribution in [0.5, 0.6) is 0 Å². The van der Waals surface area contributed by atoms with Crippen molar-refractivity contribution in [2.45, 2.75) is 49.5 Å². The molecule has 1 aromatic heterocycles. The average molecular weight is 302 g/mol. The van der Waals surface area contributed by atoms with Gasteiger partial charge in [0.25, 0.3) is 0 Å². The van der Waals surface area contributed by atoms with E-state index in [2.05, 4.69) is 68.7 Å². The van der Waals surface area contributed by atoms with Crippen molar-refractivity contribution in [2.75, 3.05) is 12.3 Å². The molecule has 0 aliphatic carbocycles. The predicted octanol–water partition coefficient (Wildman–Crippen LogP) is 4.33. The van der Waals surface area contributed by atoms with Crippen LogP contribution in [0, 0.1) is 6.92 Å². The molecule has 4 heteroatoms. The Bertz CT molecular complexity index is 377. The Labute approximate surface area is 124 Å². The van der Waals surface area contributed by atoms with Crippen LogP contribution in [0.3, 0.4) is 0 Å². The van der Waals surface area contributed by atoms with E-state index in [1.54, 1.807) is 0 Å². The Morgan fingerprint density at radius 1 is 1.33 bits per heavy atom. The molecule has 1 aliphatic rings. The first-order chi connectivity index (χ1) is 8.61. The Morgan fingerprint density at radius 2 is 2.11 bits per heavy atom. The zero-order chi connectivity index (χ0) is 13.1. The number of aryl methyl sites for hydroxylation is 1. The van der Waals surface area contributed by atoms with E-state index >= 15 is 0 Å². The van der Waals surface area contributed by atoms with Crippen LogP contribution in [0.15, 0.2) is 12.1 Å². The molecule has 0 radical (unpaired) electrons. The molecule has 102 valence electrons. The number of hydrogen-bond donors (Lipinski definition) is 1. The average Bonchev–Trinajstić information content (AvgIpc) is 2.76. The maximum atomic E-state index is 3.69. The second-order valence-corrected chi connectivity index (χ2v) is 9.25. The van der Waals surface area contributed by atoms with E-state index in [4.69, 9.17) is 0 Å². The fourth-order valence-corrected chi connectivity index (χ4v) is 6.45. The smallest absolute Gasteiger partial charge is 0.0543 e. The maximum absolute atomic E-state index is 3.69. The molecule has 0 aromatic carbocycles. The molecule has 2 rings (SSSR count). The van der Waals surface area contributed by atoms with Crippen molar-refractivity contribution in [3.8, 4) is 0 Å². The highest BCUT2D eigenvalue weighted by Gasteiger charge is 2.32. The normalized spacial score (nSPS) is 30.3. The molecule has 1 aromatic rings. The summed E-state index contributed by atoms with van der Waals surface area (Å²) in [5.41, 5.74) is 0. The summed E-state index contributed by atoms with van der Waals surface area (Å²) in [6.07, 6.45) is 0. The Kier molecular flexibility index (Phi) is 5.48. The lowest BCUT2D eigenvalue weighted by Gasteiger charge is -2.36. The molecule has 4 atom stereocenters. The second kappa shape index (κ2) is 6.69. The summed E-state index contributed by atoms with van der Waals surface area (Å²) in [6.45, 7) is 10.2. The molecular formula is C14H23NS3. The fraction of sp³-hybridized carbons (Fsp3) is 0.714. The monoisotopic (exact) mass is 301 g/mol. The third-order valence-corrected chi connectivity index (χ3v) is 8.02. The van der Waals surface area contributed by atoms with Crippen LogP contribution in [0.1, 0.15) is 36.6 Å². The van der Waals surface area contributed by atoms with E-state index in [0.29, 0.717) is 11.3 Å². The van der Waals surface area contributed by atoms with Gasteiger partial charge >= 0.3 is 0 Å². The Hall–Kier alpha value is 0.360. The van der Waals surface area contributed by atoms with E-state index in [1.807, 2.05) is 11.3 Å². The molecule has 1 aliphatic heterocycles. The van der Waals surface area contributed by atoms with E-state index in [9.17, 15) is 0 Å². The number of thiophene rings is 1. The first kappa shape index (κ1) is 14.8. The summed E-state index contributed by atoms with van der Waals surface area (Å²) < 4.78 is 0. The van der Waals surface area contributed by atoms with Gasteiger partial charge in [0, 0.05) is 31.3 Å². The van der Waals surface area contributed by atoms with Crippen LogP contribution in [-0.4, -0.2) is 28.0 Å². The van der Waals surface area contributed by atoms with E-state index in [0.717, 1.165) is 17.0 Å². The summed E-state index contributed by atoms with van der Waals surface area (Å²) in [7, 11) is 0. The SMILES string of the molecule is CCNC(c1ccc(C)s1)C1CSC(C)C(C)S1. The van der Waals surface area contributed by atoms with Crippen molar-refractivity contribution in [1.29, 1.82) is 0 Å². The first-order valence-electron chi connectivity index (χ1n) is 6.68. The van der Waals surface area contributed by atoms with Gasteiger partial charge in [-0.3, -0.25) is 0 Å². The van der Waals surface area contributed by atoms with Gasteiger partial charge in [0.1, 0.15) is 0 Å². The zero-order valence-corrected chi connectivity index (χ0v) is 14.1. The van der Waals surface area contributed by atoms with Gasteiger partial charge < -0.3 is 5.32 Å². The predicted molar refractivity (Wildman–Crippen MR) is 88.2 cm³/mol. The molecular weight excluding hydrogens is 278 g/mol. The van der Waals surface area contributed by atoms with E-state index < -0.39 is 0 Å². The van der Waals surface area contributed by atoms with Gasteiger partial charge in [-0.25, -0.2) is 0 Å². The van der Waals surface area contributed by atoms with Crippen LogP contribution in [0.25, 0.3) is 0 Å². The van der Waals surface area contributed by atoms with Crippen LogP contribution in [-0.2, 0) is 0 Å². The van der Waals surface area contributed by atoms with Crippen LogP contribution < -0.4 is 5.32 Å². The van der Waals surface area contributed by atoms with Crippen LogP contribution >= 0.6 is 34.9 Å². The van der Waals surface area contributed by atoms with Crippen molar-refractivity contribution in [2.24, 2.45) is 0 Å². The molecule has 18 heavy (non-hydrogen) atoms. The van der Waals surface area contributed by atoms with Crippen molar-refractivity contribution >= 4 is 34.9 Å². The summed E-state index contributed by atoms with van der Waals surface area (Å²) in [5.74, 6) is 1.27. The topological polar surface area (TPSA) is 12.0 Å². The minimum absolute atomic E-state index is 0.529. The molecule has 2 heterocycles. The highest BCUT2D eigenvalue weighted by Crippen LogP contribution is 2.42. The third kappa shape index (κ3) is 3.47. The van der Waals surface area contributed by atoms with Gasteiger partial charge in [-0.05, 0) is 25.6 Å². The highest BCUT2D eigenvalue weighted by molar-refractivity contribution is 8.07. The quantitative estimate of drug-likeness (QED) is 0.889. The van der Waals surface area contributed by atoms with E-state index in [-0.39, 0.29) is 0 Å². The molecule has 1 nitrogen and oxygen atoms in total. The molecule has 0 bridgehead atoms. The lowest BCUT2D eigenvalue weighted by Crippen LogP contribution is -2.36. The molecule has 1 saturated heterocycles. The molecule has 0 spiro atoms. The van der Waals surface area contributed by atoms with Gasteiger partial charge in [-0.2, -0.15) is 23.5 Å². The minimum atomic E-state index is 0.529. The van der Waals surface area contributed by atoms with Gasteiger partial charge in [0.05, 0.1) is 6.04 Å². The lowest BCUT2D eigenvalue weighted by molar-refractivity contribution is 0.556.